The fourth-order valence-corrected chi connectivity index (χ4v) is 2.14. The molecule has 2 aromatic heterocycles. The van der Waals surface area contributed by atoms with E-state index in [1.807, 2.05) is 19.3 Å². The fraction of sp³-hybridized carbons (Fsp3) is 0.308. The van der Waals surface area contributed by atoms with Gasteiger partial charge in [-0.1, -0.05) is 0 Å². The minimum atomic E-state index is -0.154. The Morgan fingerprint density at radius 2 is 2.30 bits per heavy atom. The zero-order valence-electron chi connectivity index (χ0n) is 11.4. The summed E-state index contributed by atoms with van der Waals surface area (Å²) in [6, 6.07) is 3.68. The summed E-state index contributed by atoms with van der Waals surface area (Å²) in [5.41, 5.74) is 1.47. The van der Waals surface area contributed by atoms with Crippen LogP contribution < -0.4 is 10.6 Å². The van der Waals surface area contributed by atoms with Crippen LogP contribution in [-0.2, 0) is 13.5 Å². The van der Waals surface area contributed by atoms with Crippen molar-refractivity contribution in [2.45, 2.75) is 6.42 Å². The molecule has 0 fully saturated rings. The van der Waals surface area contributed by atoms with Gasteiger partial charge in [-0.15, -0.1) is 0 Å². The molecule has 106 valence electrons. The molecule has 0 aliphatic carbocycles. The average molecular weight is 338 g/mol. The Morgan fingerprint density at radius 1 is 1.50 bits per heavy atom. The molecule has 7 heteroatoms. The highest BCUT2D eigenvalue weighted by Gasteiger charge is 2.12. The number of nitrogens with zero attached hydrogens (tertiary/aromatic N) is 3. The average Bonchev–Trinajstić information content (AvgIpc) is 2.84. The molecule has 0 aliphatic rings. The number of rotatable bonds is 5. The van der Waals surface area contributed by atoms with Crippen molar-refractivity contribution in [3.63, 3.8) is 0 Å². The lowest BCUT2D eigenvalue weighted by Crippen LogP contribution is -2.26. The van der Waals surface area contributed by atoms with Crippen LogP contribution in [-0.4, -0.2) is 34.3 Å². The van der Waals surface area contributed by atoms with E-state index in [9.17, 15) is 4.79 Å². The molecule has 6 nitrogen and oxygen atoms in total. The van der Waals surface area contributed by atoms with Gasteiger partial charge in [-0.25, -0.2) is 4.98 Å². The van der Waals surface area contributed by atoms with Crippen LogP contribution in [0.2, 0.25) is 0 Å². The van der Waals surface area contributed by atoms with Crippen LogP contribution in [0, 0.1) is 0 Å². The summed E-state index contributed by atoms with van der Waals surface area (Å²) in [6.07, 6.45) is 4.23. The minimum absolute atomic E-state index is 0.154. The van der Waals surface area contributed by atoms with Crippen molar-refractivity contribution in [3.8, 4) is 0 Å². The largest absolute Gasteiger partial charge is 0.372 e. The van der Waals surface area contributed by atoms with Gasteiger partial charge >= 0.3 is 0 Å². The van der Waals surface area contributed by atoms with Crippen LogP contribution >= 0.6 is 15.9 Å². The standard InChI is InChI=1S/C13H16BrN5O/c1-15-12-11(7-9(14)8-17-12)13(20)16-5-3-10-4-6-19(2)18-10/h4,6-8H,3,5H2,1-2H3,(H,15,17)(H,16,20). The van der Waals surface area contributed by atoms with Gasteiger partial charge in [0, 0.05) is 43.9 Å². The first-order valence-corrected chi connectivity index (χ1v) is 6.99. The number of hydrogen-bond donors (Lipinski definition) is 2. The maximum atomic E-state index is 12.1. The van der Waals surface area contributed by atoms with Gasteiger partial charge in [0.25, 0.3) is 5.91 Å². The van der Waals surface area contributed by atoms with Crippen LogP contribution in [0.25, 0.3) is 0 Å². The van der Waals surface area contributed by atoms with E-state index in [1.165, 1.54) is 0 Å². The highest BCUT2D eigenvalue weighted by Crippen LogP contribution is 2.17. The van der Waals surface area contributed by atoms with E-state index in [4.69, 9.17) is 0 Å². The molecule has 1 amide bonds. The third-order valence-electron chi connectivity index (χ3n) is 2.77. The Bertz CT molecular complexity index is 611. The van der Waals surface area contributed by atoms with Gasteiger partial charge < -0.3 is 10.6 Å². The van der Waals surface area contributed by atoms with Gasteiger partial charge in [-0.2, -0.15) is 5.10 Å². The summed E-state index contributed by atoms with van der Waals surface area (Å²) in [7, 11) is 3.61. The molecule has 0 unspecified atom stereocenters. The van der Waals surface area contributed by atoms with Gasteiger partial charge in [0.15, 0.2) is 0 Å². The summed E-state index contributed by atoms with van der Waals surface area (Å²) in [4.78, 5) is 16.3. The summed E-state index contributed by atoms with van der Waals surface area (Å²) in [5, 5.41) is 10.0. The molecule has 2 rings (SSSR count). The monoisotopic (exact) mass is 337 g/mol. The van der Waals surface area contributed by atoms with Crippen molar-refractivity contribution in [3.05, 3.63) is 40.3 Å². The second-order valence-electron chi connectivity index (χ2n) is 4.29. The first-order valence-electron chi connectivity index (χ1n) is 6.20. The van der Waals surface area contributed by atoms with E-state index in [-0.39, 0.29) is 5.91 Å². The molecule has 0 aromatic carbocycles. The number of nitrogens with one attached hydrogen (secondary N) is 2. The molecule has 0 bridgehead atoms. The third-order valence-corrected chi connectivity index (χ3v) is 3.20. The predicted octanol–water partition coefficient (Wildman–Crippen LogP) is 1.59. The van der Waals surface area contributed by atoms with E-state index in [2.05, 4.69) is 36.6 Å². The van der Waals surface area contributed by atoms with Gasteiger partial charge in [0.05, 0.1) is 11.3 Å². The first kappa shape index (κ1) is 14.5. The van der Waals surface area contributed by atoms with E-state index >= 15 is 0 Å². The van der Waals surface area contributed by atoms with E-state index in [0.29, 0.717) is 24.3 Å². The zero-order valence-corrected chi connectivity index (χ0v) is 12.9. The zero-order chi connectivity index (χ0) is 14.5. The number of carbonyl (C=O) groups excluding carboxylic acids is 1. The molecule has 0 saturated heterocycles. The van der Waals surface area contributed by atoms with Gasteiger partial charge in [0.2, 0.25) is 0 Å². The fourth-order valence-electron chi connectivity index (χ4n) is 1.81. The number of hydrogen-bond acceptors (Lipinski definition) is 4. The van der Waals surface area contributed by atoms with E-state index in [0.717, 1.165) is 10.2 Å². The number of anilines is 1. The van der Waals surface area contributed by atoms with E-state index < -0.39 is 0 Å². The minimum Gasteiger partial charge on any atom is -0.372 e. The SMILES string of the molecule is CNc1ncc(Br)cc1C(=O)NCCc1ccn(C)n1. The molecule has 2 heterocycles. The Kier molecular flexibility index (Phi) is 4.73. The molecule has 20 heavy (non-hydrogen) atoms. The Balaban J connectivity index is 1.96. The smallest absolute Gasteiger partial charge is 0.255 e. The lowest BCUT2D eigenvalue weighted by Gasteiger charge is -2.09. The number of amides is 1. The highest BCUT2D eigenvalue weighted by atomic mass is 79.9. The van der Waals surface area contributed by atoms with Gasteiger partial charge in [-0.05, 0) is 28.1 Å². The van der Waals surface area contributed by atoms with Crippen LogP contribution in [0.5, 0.6) is 0 Å². The topological polar surface area (TPSA) is 71.8 Å². The number of aryl methyl sites for hydroxylation is 1. The molecule has 0 saturated carbocycles. The molecule has 2 N–H and O–H groups in total. The summed E-state index contributed by atoms with van der Waals surface area (Å²) in [5.74, 6) is 0.405. The van der Waals surface area contributed by atoms with E-state index in [1.54, 1.807) is 24.0 Å². The molecular formula is C13H16BrN5O. The quantitative estimate of drug-likeness (QED) is 0.869. The maximum absolute atomic E-state index is 12.1. The number of aromatic nitrogens is 3. The Morgan fingerprint density at radius 3 is 2.95 bits per heavy atom. The first-order chi connectivity index (χ1) is 9.60. The van der Waals surface area contributed by atoms with Crippen molar-refractivity contribution in [1.29, 1.82) is 0 Å². The Hall–Kier alpha value is -1.89. The molecule has 2 aromatic rings. The van der Waals surface area contributed by atoms with Crippen molar-refractivity contribution in [2.24, 2.45) is 7.05 Å². The maximum Gasteiger partial charge on any atom is 0.255 e. The lowest BCUT2D eigenvalue weighted by molar-refractivity contribution is 0.0954. The van der Waals surface area contributed by atoms with Crippen molar-refractivity contribution in [2.75, 3.05) is 18.9 Å². The second kappa shape index (κ2) is 6.51. The van der Waals surface area contributed by atoms with Gasteiger partial charge in [0.1, 0.15) is 5.82 Å². The highest BCUT2D eigenvalue weighted by molar-refractivity contribution is 9.10. The number of carbonyl (C=O) groups is 1. The second-order valence-corrected chi connectivity index (χ2v) is 5.20. The van der Waals surface area contributed by atoms with Crippen molar-refractivity contribution < 1.29 is 4.79 Å². The molecule has 0 atom stereocenters. The number of pyridine rings is 1. The van der Waals surface area contributed by atoms with Crippen LogP contribution in [0.1, 0.15) is 16.1 Å². The molecule has 0 aliphatic heterocycles. The molecule has 0 radical (unpaired) electrons. The third kappa shape index (κ3) is 3.57. The lowest BCUT2D eigenvalue weighted by atomic mass is 10.2. The van der Waals surface area contributed by atoms with Crippen molar-refractivity contribution in [1.82, 2.24) is 20.1 Å². The van der Waals surface area contributed by atoms with Crippen LogP contribution in [0.4, 0.5) is 5.82 Å². The molecule has 0 spiro atoms. The predicted molar refractivity (Wildman–Crippen MR) is 80.7 cm³/mol. The molecular weight excluding hydrogens is 322 g/mol. The van der Waals surface area contributed by atoms with Gasteiger partial charge in [-0.3, -0.25) is 9.48 Å². The van der Waals surface area contributed by atoms with Crippen molar-refractivity contribution >= 4 is 27.7 Å². The Labute approximate surface area is 125 Å². The summed E-state index contributed by atoms with van der Waals surface area (Å²) < 4.78 is 2.51. The summed E-state index contributed by atoms with van der Waals surface area (Å²) in [6.45, 7) is 0.533. The van der Waals surface area contributed by atoms with Crippen LogP contribution in [0.15, 0.2) is 29.0 Å². The number of halogens is 1. The summed E-state index contributed by atoms with van der Waals surface area (Å²) >= 11 is 3.32. The van der Waals surface area contributed by atoms with Crippen LogP contribution in [0.3, 0.4) is 0 Å². The normalized spacial score (nSPS) is 10.3.